The van der Waals surface area contributed by atoms with E-state index in [4.69, 9.17) is 0 Å². The molecule has 0 spiro atoms. The molecule has 0 aromatic heterocycles. The molecule has 1 aliphatic heterocycles. The molecule has 1 unspecified atom stereocenters. The molecule has 1 saturated heterocycles. The number of nitrogens with zero attached hydrogens (tertiary/aromatic N) is 2. The molecule has 108 valence electrons. The van der Waals surface area contributed by atoms with Crippen LogP contribution in [0.1, 0.15) is 19.8 Å². The van der Waals surface area contributed by atoms with E-state index in [-0.39, 0.29) is 17.6 Å². The lowest BCUT2D eigenvalue weighted by atomic mass is 10.0. The third kappa shape index (κ3) is 2.99. The summed E-state index contributed by atoms with van der Waals surface area (Å²) in [5.74, 6) is -0.0188. The lowest BCUT2D eigenvalue weighted by Crippen LogP contribution is -2.50. The maximum atomic E-state index is 12.4. The number of hydrogen-bond donors (Lipinski definition) is 1. The maximum absolute atomic E-state index is 12.4. The fourth-order valence-electron chi connectivity index (χ4n) is 2.38. The van der Waals surface area contributed by atoms with E-state index in [1.54, 1.807) is 17.0 Å². The van der Waals surface area contributed by atoms with Gasteiger partial charge in [0, 0.05) is 12.6 Å². The van der Waals surface area contributed by atoms with Gasteiger partial charge in [-0.25, -0.2) is 0 Å². The number of hydrogen-bond acceptors (Lipinski definition) is 4. The number of nitro benzene ring substituents is 1. The summed E-state index contributed by atoms with van der Waals surface area (Å²) in [6, 6.07) is 4.58. The van der Waals surface area contributed by atoms with Crippen LogP contribution in [0.2, 0.25) is 0 Å². The molecule has 6 nitrogen and oxygen atoms in total. The highest BCUT2D eigenvalue weighted by Crippen LogP contribution is 2.31. The number of nitrogens with one attached hydrogen (secondary N) is 1. The standard InChI is InChI=1S/C13H16BrN3O3/c1-2-15-11-4-3-7-16(13(11)18)9-5-6-10(14)12(8-9)17(19)20/h5-6,8,11,15H,2-4,7H2,1H3. The highest BCUT2D eigenvalue weighted by molar-refractivity contribution is 9.10. The monoisotopic (exact) mass is 341 g/mol. The van der Waals surface area contributed by atoms with Crippen molar-refractivity contribution in [2.45, 2.75) is 25.8 Å². The zero-order chi connectivity index (χ0) is 14.7. The Bertz CT molecular complexity index is 534. The molecule has 20 heavy (non-hydrogen) atoms. The van der Waals surface area contributed by atoms with Gasteiger partial charge >= 0.3 is 0 Å². The second kappa shape index (κ2) is 6.32. The Kier molecular flexibility index (Phi) is 4.72. The van der Waals surface area contributed by atoms with E-state index < -0.39 is 4.92 Å². The average Bonchev–Trinajstić information content (AvgIpc) is 2.42. The molecule has 2 rings (SSSR count). The number of anilines is 1. The smallest absolute Gasteiger partial charge is 0.285 e. The quantitative estimate of drug-likeness (QED) is 0.674. The lowest BCUT2D eigenvalue weighted by Gasteiger charge is -2.32. The number of carbonyl (C=O) groups excluding carboxylic acids is 1. The third-order valence-corrected chi connectivity index (χ3v) is 4.00. The van der Waals surface area contributed by atoms with Crippen LogP contribution in [-0.2, 0) is 4.79 Å². The van der Waals surface area contributed by atoms with Gasteiger partial charge in [0.05, 0.1) is 21.1 Å². The van der Waals surface area contributed by atoms with Crippen molar-refractivity contribution in [2.24, 2.45) is 0 Å². The van der Waals surface area contributed by atoms with Crippen molar-refractivity contribution in [2.75, 3.05) is 18.0 Å². The summed E-state index contributed by atoms with van der Waals surface area (Å²) in [4.78, 5) is 24.5. The van der Waals surface area contributed by atoms with Gasteiger partial charge in [0.2, 0.25) is 5.91 Å². The van der Waals surface area contributed by atoms with Gasteiger partial charge in [-0.3, -0.25) is 14.9 Å². The van der Waals surface area contributed by atoms with E-state index in [1.807, 2.05) is 6.92 Å². The predicted molar refractivity (Wildman–Crippen MR) is 79.8 cm³/mol. The Labute approximate surface area is 125 Å². The van der Waals surface area contributed by atoms with Crippen LogP contribution in [0.25, 0.3) is 0 Å². The summed E-state index contributed by atoms with van der Waals surface area (Å²) in [6.45, 7) is 3.28. The molecule has 1 fully saturated rings. The van der Waals surface area contributed by atoms with Crippen molar-refractivity contribution in [1.29, 1.82) is 0 Å². The number of benzene rings is 1. The second-order valence-corrected chi connectivity index (χ2v) is 5.49. The van der Waals surface area contributed by atoms with Gasteiger partial charge in [0.25, 0.3) is 5.69 Å². The molecular weight excluding hydrogens is 326 g/mol. The van der Waals surface area contributed by atoms with Crippen molar-refractivity contribution < 1.29 is 9.72 Å². The number of halogens is 1. The van der Waals surface area contributed by atoms with E-state index in [0.29, 0.717) is 16.7 Å². The minimum Gasteiger partial charge on any atom is -0.311 e. The van der Waals surface area contributed by atoms with Crippen molar-refractivity contribution in [1.82, 2.24) is 5.32 Å². The molecule has 7 heteroatoms. The third-order valence-electron chi connectivity index (χ3n) is 3.33. The van der Waals surface area contributed by atoms with E-state index in [0.717, 1.165) is 19.4 Å². The Balaban J connectivity index is 2.28. The zero-order valence-electron chi connectivity index (χ0n) is 11.1. The summed E-state index contributed by atoms with van der Waals surface area (Å²) in [5, 5.41) is 14.1. The van der Waals surface area contributed by atoms with Crippen LogP contribution < -0.4 is 10.2 Å². The summed E-state index contributed by atoms with van der Waals surface area (Å²) >= 11 is 3.15. The van der Waals surface area contributed by atoms with Crippen LogP contribution in [0.3, 0.4) is 0 Å². The second-order valence-electron chi connectivity index (χ2n) is 4.64. The number of likely N-dealkylation sites (N-methyl/N-ethyl adjacent to an activating group) is 1. The summed E-state index contributed by atoms with van der Waals surface area (Å²) < 4.78 is 0.416. The molecule has 1 N–H and O–H groups in total. The van der Waals surface area contributed by atoms with Crippen molar-refractivity contribution in [3.8, 4) is 0 Å². The van der Waals surface area contributed by atoms with Gasteiger partial charge in [-0.2, -0.15) is 0 Å². The Morgan fingerprint density at radius 1 is 1.55 bits per heavy atom. The Morgan fingerprint density at radius 2 is 2.30 bits per heavy atom. The van der Waals surface area contributed by atoms with Crippen LogP contribution in [-0.4, -0.2) is 30.0 Å². The number of nitro groups is 1. The number of piperidine rings is 1. The van der Waals surface area contributed by atoms with Gasteiger partial charge in [-0.1, -0.05) is 6.92 Å². The van der Waals surface area contributed by atoms with Crippen LogP contribution in [0.5, 0.6) is 0 Å². The summed E-state index contributed by atoms with van der Waals surface area (Å²) in [5.41, 5.74) is 0.549. The first-order valence-corrected chi connectivity index (χ1v) is 7.32. The van der Waals surface area contributed by atoms with Crippen LogP contribution >= 0.6 is 15.9 Å². The normalized spacial score (nSPS) is 19.2. The van der Waals surface area contributed by atoms with E-state index in [9.17, 15) is 14.9 Å². The van der Waals surface area contributed by atoms with Gasteiger partial charge in [0.1, 0.15) is 0 Å². The Hall–Kier alpha value is -1.47. The highest BCUT2D eigenvalue weighted by Gasteiger charge is 2.29. The first kappa shape index (κ1) is 14.9. The highest BCUT2D eigenvalue weighted by atomic mass is 79.9. The average molecular weight is 342 g/mol. The number of amides is 1. The molecule has 1 amide bonds. The van der Waals surface area contributed by atoms with E-state index >= 15 is 0 Å². The Morgan fingerprint density at radius 3 is 2.95 bits per heavy atom. The minimum atomic E-state index is -0.455. The molecule has 0 saturated carbocycles. The molecule has 0 bridgehead atoms. The first-order chi connectivity index (χ1) is 9.54. The van der Waals surface area contributed by atoms with Gasteiger partial charge in [-0.15, -0.1) is 0 Å². The molecular formula is C13H16BrN3O3. The van der Waals surface area contributed by atoms with Gasteiger partial charge in [-0.05, 0) is 47.4 Å². The first-order valence-electron chi connectivity index (χ1n) is 6.53. The predicted octanol–water partition coefficient (Wildman–Crippen LogP) is 2.46. The minimum absolute atomic E-state index is 0.0188. The fourth-order valence-corrected chi connectivity index (χ4v) is 2.77. The summed E-state index contributed by atoms with van der Waals surface area (Å²) in [7, 11) is 0. The van der Waals surface area contributed by atoms with Crippen LogP contribution in [0.15, 0.2) is 22.7 Å². The van der Waals surface area contributed by atoms with Crippen molar-refractivity contribution >= 4 is 33.2 Å². The number of carbonyl (C=O) groups is 1. The van der Waals surface area contributed by atoms with Crippen molar-refractivity contribution in [3.63, 3.8) is 0 Å². The topological polar surface area (TPSA) is 75.5 Å². The largest absolute Gasteiger partial charge is 0.311 e. The maximum Gasteiger partial charge on any atom is 0.285 e. The molecule has 1 atom stereocenters. The van der Waals surface area contributed by atoms with E-state index in [2.05, 4.69) is 21.2 Å². The summed E-state index contributed by atoms with van der Waals surface area (Å²) in [6.07, 6.45) is 1.69. The fraction of sp³-hybridized carbons (Fsp3) is 0.462. The van der Waals surface area contributed by atoms with Gasteiger partial charge in [0.15, 0.2) is 0 Å². The van der Waals surface area contributed by atoms with E-state index in [1.165, 1.54) is 6.07 Å². The van der Waals surface area contributed by atoms with Crippen LogP contribution in [0, 0.1) is 10.1 Å². The van der Waals surface area contributed by atoms with Crippen LogP contribution in [0.4, 0.5) is 11.4 Å². The van der Waals surface area contributed by atoms with Gasteiger partial charge < -0.3 is 10.2 Å². The molecule has 1 aliphatic rings. The lowest BCUT2D eigenvalue weighted by molar-refractivity contribution is -0.385. The SMILES string of the molecule is CCNC1CCCN(c2ccc(Br)c([N+](=O)[O-])c2)C1=O. The zero-order valence-corrected chi connectivity index (χ0v) is 12.7. The molecule has 1 aromatic rings. The number of rotatable bonds is 4. The molecule has 1 heterocycles. The van der Waals surface area contributed by atoms with Crippen molar-refractivity contribution in [3.05, 3.63) is 32.8 Å². The molecule has 0 aliphatic carbocycles. The molecule has 1 aromatic carbocycles. The molecule has 0 radical (unpaired) electrons.